The number of nitrogens with zero attached hydrogens (tertiary/aromatic N) is 2. The average Bonchev–Trinajstić information content (AvgIpc) is 2.62. The molecular formula is C12H10F2N2O2. The van der Waals surface area contributed by atoms with Crippen LogP contribution in [0.1, 0.15) is 5.69 Å². The van der Waals surface area contributed by atoms with Gasteiger partial charge in [-0.15, -0.1) is 0 Å². The van der Waals surface area contributed by atoms with Gasteiger partial charge in [-0.3, -0.25) is 9.48 Å². The summed E-state index contributed by atoms with van der Waals surface area (Å²) in [6.07, 6.45) is -0.211. The minimum absolute atomic E-state index is 0.211. The molecule has 18 heavy (non-hydrogen) atoms. The Labute approximate surface area is 101 Å². The highest BCUT2D eigenvalue weighted by Gasteiger charge is 2.12. The van der Waals surface area contributed by atoms with Gasteiger partial charge in [-0.05, 0) is 24.3 Å². The molecule has 0 spiro atoms. The van der Waals surface area contributed by atoms with E-state index in [0.29, 0.717) is 17.0 Å². The second-order valence-electron chi connectivity index (χ2n) is 3.84. The molecule has 0 saturated carbocycles. The first kappa shape index (κ1) is 12.2. The fourth-order valence-corrected chi connectivity index (χ4v) is 1.69. The van der Waals surface area contributed by atoms with Crippen molar-refractivity contribution in [2.75, 3.05) is 0 Å². The van der Waals surface area contributed by atoms with E-state index in [0.717, 1.165) is 12.1 Å². The summed E-state index contributed by atoms with van der Waals surface area (Å²) in [5.41, 5.74) is 1.34. The summed E-state index contributed by atoms with van der Waals surface area (Å²) in [4.78, 5) is 10.6. The summed E-state index contributed by atoms with van der Waals surface area (Å²) in [5, 5.41) is 12.7. The molecule has 0 unspecified atom stereocenters. The van der Waals surface area contributed by atoms with E-state index in [1.54, 1.807) is 13.1 Å². The number of aryl methyl sites for hydroxylation is 1. The molecule has 1 N–H and O–H groups in total. The van der Waals surface area contributed by atoms with Gasteiger partial charge in [0.15, 0.2) is 11.6 Å². The molecule has 0 amide bonds. The molecule has 6 heteroatoms. The van der Waals surface area contributed by atoms with Crippen LogP contribution in [0.5, 0.6) is 0 Å². The number of benzene rings is 1. The first-order valence-corrected chi connectivity index (χ1v) is 5.17. The van der Waals surface area contributed by atoms with Crippen molar-refractivity contribution in [2.24, 2.45) is 7.05 Å². The predicted molar refractivity (Wildman–Crippen MR) is 59.9 cm³/mol. The van der Waals surface area contributed by atoms with Gasteiger partial charge in [-0.1, -0.05) is 0 Å². The van der Waals surface area contributed by atoms with Gasteiger partial charge in [0.25, 0.3) is 0 Å². The van der Waals surface area contributed by atoms with E-state index < -0.39 is 17.6 Å². The third-order valence-electron chi connectivity index (χ3n) is 2.48. The van der Waals surface area contributed by atoms with Crippen LogP contribution in [0.4, 0.5) is 8.78 Å². The summed E-state index contributed by atoms with van der Waals surface area (Å²) in [6, 6.07) is 5.03. The van der Waals surface area contributed by atoms with Crippen molar-refractivity contribution < 1.29 is 18.7 Å². The summed E-state index contributed by atoms with van der Waals surface area (Å²) < 4.78 is 27.4. The van der Waals surface area contributed by atoms with Crippen LogP contribution in [-0.2, 0) is 18.3 Å². The Morgan fingerprint density at radius 1 is 1.33 bits per heavy atom. The fourth-order valence-electron chi connectivity index (χ4n) is 1.69. The number of hydrogen-bond acceptors (Lipinski definition) is 2. The van der Waals surface area contributed by atoms with Gasteiger partial charge >= 0.3 is 5.97 Å². The average molecular weight is 252 g/mol. The quantitative estimate of drug-likeness (QED) is 0.908. The highest BCUT2D eigenvalue weighted by molar-refractivity contribution is 5.70. The maximum atomic E-state index is 13.1. The lowest BCUT2D eigenvalue weighted by atomic mass is 10.1. The molecule has 2 aromatic rings. The van der Waals surface area contributed by atoms with Crippen molar-refractivity contribution in [1.82, 2.24) is 9.78 Å². The molecule has 0 aliphatic heterocycles. The van der Waals surface area contributed by atoms with Crippen LogP contribution in [0.3, 0.4) is 0 Å². The Hall–Kier alpha value is -2.24. The normalized spacial score (nSPS) is 10.6. The molecule has 1 aromatic heterocycles. The van der Waals surface area contributed by atoms with E-state index in [4.69, 9.17) is 5.11 Å². The number of carboxylic acid groups (broad SMARTS) is 1. The van der Waals surface area contributed by atoms with Crippen LogP contribution < -0.4 is 0 Å². The SMILES string of the molecule is Cn1nc(CC(=O)O)cc1-c1ccc(F)c(F)c1. The van der Waals surface area contributed by atoms with E-state index >= 15 is 0 Å². The van der Waals surface area contributed by atoms with Gasteiger partial charge in [0.2, 0.25) is 0 Å². The first-order valence-electron chi connectivity index (χ1n) is 5.17. The Balaban J connectivity index is 2.41. The predicted octanol–water partition coefficient (Wildman–Crippen LogP) is 1.99. The lowest BCUT2D eigenvalue weighted by Gasteiger charge is -2.02. The molecule has 0 bridgehead atoms. The van der Waals surface area contributed by atoms with E-state index in [1.165, 1.54) is 10.7 Å². The second-order valence-corrected chi connectivity index (χ2v) is 3.84. The Morgan fingerprint density at radius 3 is 2.67 bits per heavy atom. The van der Waals surface area contributed by atoms with Crippen LogP contribution in [0.25, 0.3) is 11.3 Å². The molecule has 0 saturated heterocycles. The van der Waals surface area contributed by atoms with E-state index in [9.17, 15) is 13.6 Å². The van der Waals surface area contributed by atoms with Crippen molar-refractivity contribution in [3.05, 3.63) is 41.6 Å². The third kappa shape index (κ3) is 2.37. The van der Waals surface area contributed by atoms with Gasteiger partial charge < -0.3 is 5.11 Å². The molecule has 0 radical (unpaired) electrons. The van der Waals surface area contributed by atoms with Gasteiger partial charge in [0.05, 0.1) is 17.8 Å². The van der Waals surface area contributed by atoms with Gasteiger partial charge in [0, 0.05) is 12.6 Å². The van der Waals surface area contributed by atoms with Gasteiger partial charge in [-0.2, -0.15) is 5.10 Å². The number of aliphatic carboxylic acids is 1. The number of rotatable bonds is 3. The molecule has 0 fully saturated rings. The number of halogens is 2. The summed E-state index contributed by atoms with van der Waals surface area (Å²) in [5.74, 6) is -2.87. The lowest BCUT2D eigenvalue weighted by molar-refractivity contribution is -0.136. The van der Waals surface area contributed by atoms with Crippen LogP contribution in [0.2, 0.25) is 0 Å². The molecule has 94 valence electrons. The van der Waals surface area contributed by atoms with E-state index in [-0.39, 0.29) is 6.42 Å². The molecule has 1 heterocycles. The topological polar surface area (TPSA) is 55.1 Å². The van der Waals surface area contributed by atoms with E-state index in [2.05, 4.69) is 5.10 Å². The number of carbonyl (C=O) groups is 1. The number of hydrogen-bond donors (Lipinski definition) is 1. The van der Waals surface area contributed by atoms with Crippen molar-refractivity contribution in [1.29, 1.82) is 0 Å². The van der Waals surface area contributed by atoms with Crippen molar-refractivity contribution in [2.45, 2.75) is 6.42 Å². The Morgan fingerprint density at radius 2 is 2.06 bits per heavy atom. The summed E-state index contributed by atoms with van der Waals surface area (Å²) in [7, 11) is 1.61. The smallest absolute Gasteiger partial charge is 0.309 e. The minimum atomic E-state index is -0.995. The number of carboxylic acids is 1. The van der Waals surface area contributed by atoms with Crippen LogP contribution >= 0.6 is 0 Å². The van der Waals surface area contributed by atoms with Crippen LogP contribution in [0.15, 0.2) is 24.3 Å². The summed E-state index contributed by atoms with van der Waals surface area (Å²) in [6.45, 7) is 0. The van der Waals surface area contributed by atoms with Crippen LogP contribution in [0, 0.1) is 11.6 Å². The largest absolute Gasteiger partial charge is 0.481 e. The standard InChI is InChI=1S/C12H10F2N2O2/c1-16-11(5-8(15-16)6-12(17)18)7-2-3-9(13)10(14)4-7/h2-5H,6H2,1H3,(H,17,18). The molecular weight excluding hydrogens is 242 g/mol. The third-order valence-corrected chi connectivity index (χ3v) is 2.48. The Bertz CT molecular complexity index is 608. The fraction of sp³-hybridized carbons (Fsp3) is 0.167. The Kier molecular flexibility index (Phi) is 3.10. The summed E-state index contributed by atoms with van der Waals surface area (Å²) >= 11 is 0. The monoisotopic (exact) mass is 252 g/mol. The molecule has 0 atom stereocenters. The van der Waals surface area contributed by atoms with Crippen molar-refractivity contribution in [3.63, 3.8) is 0 Å². The van der Waals surface area contributed by atoms with Gasteiger partial charge in [-0.25, -0.2) is 8.78 Å². The van der Waals surface area contributed by atoms with Gasteiger partial charge in [0.1, 0.15) is 0 Å². The zero-order valence-corrected chi connectivity index (χ0v) is 9.52. The number of aromatic nitrogens is 2. The maximum Gasteiger partial charge on any atom is 0.309 e. The minimum Gasteiger partial charge on any atom is -0.481 e. The molecule has 1 aromatic carbocycles. The van der Waals surface area contributed by atoms with Crippen molar-refractivity contribution in [3.8, 4) is 11.3 Å². The maximum absolute atomic E-state index is 13.1. The van der Waals surface area contributed by atoms with E-state index in [1.807, 2.05) is 0 Å². The molecule has 0 aliphatic rings. The molecule has 4 nitrogen and oxygen atoms in total. The lowest BCUT2D eigenvalue weighted by Crippen LogP contribution is -2.01. The molecule has 2 rings (SSSR count). The van der Waals surface area contributed by atoms with Crippen LogP contribution in [-0.4, -0.2) is 20.9 Å². The highest BCUT2D eigenvalue weighted by Crippen LogP contribution is 2.22. The zero-order valence-electron chi connectivity index (χ0n) is 9.52. The molecule has 0 aliphatic carbocycles. The van der Waals surface area contributed by atoms with Crippen molar-refractivity contribution >= 4 is 5.97 Å². The zero-order chi connectivity index (χ0) is 13.3. The first-order chi connectivity index (χ1) is 8.47. The second kappa shape index (κ2) is 4.56. The highest BCUT2D eigenvalue weighted by atomic mass is 19.2.